The molecule has 186 valence electrons. The van der Waals surface area contributed by atoms with Crippen LogP contribution in [0.2, 0.25) is 5.02 Å². The molecule has 0 bridgehead atoms. The summed E-state index contributed by atoms with van der Waals surface area (Å²) in [6.45, 7) is 5.03. The molecule has 2 atom stereocenters. The van der Waals surface area contributed by atoms with E-state index in [-0.39, 0.29) is 29.2 Å². The number of halogens is 1. The number of methoxy groups -OCH3 is 1. The second kappa shape index (κ2) is 12.1. The number of ether oxygens (including phenoxy) is 1. The summed E-state index contributed by atoms with van der Waals surface area (Å²) < 4.78 is 31.4. The van der Waals surface area contributed by atoms with Gasteiger partial charge < -0.3 is 15.0 Å². The summed E-state index contributed by atoms with van der Waals surface area (Å²) in [5.41, 5.74) is 0.928. The molecule has 10 heteroatoms. The van der Waals surface area contributed by atoms with E-state index in [1.165, 1.54) is 18.1 Å². The number of rotatable bonds is 11. The Morgan fingerprint density at radius 3 is 2.38 bits per heavy atom. The van der Waals surface area contributed by atoms with Crippen molar-refractivity contribution in [3.05, 3.63) is 59.1 Å². The van der Waals surface area contributed by atoms with Crippen molar-refractivity contribution in [2.45, 2.75) is 45.8 Å². The number of carbonyl (C=O) groups excluding carboxylic acids is 2. The van der Waals surface area contributed by atoms with E-state index in [1.807, 2.05) is 19.9 Å². The fourth-order valence-electron chi connectivity index (χ4n) is 3.26. The van der Waals surface area contributed by atoms with Crippen molar-refractivity contribution in [3.63, 3.8) is 0 Å². The Labute approximate surface area is 206 Å². The molecule has 2 aromatic carbocycles. The number of para-hydroxylation sites is 1. The first-order chi connectivity index (χ1) is 16.0. The zero-order chi connectivity index (χ0) is 25.5. The van der Waals surface area contributed by atoms with Gasteiger partial charge in [-0.05, 0) is 50.1 Å². The minimum atomic E-state index is -3.84. The van der Waals surface area contributed by atoms with E-state index in [1.54, 1.807) is 43.3 Å². The summed E-state index contributed by atoms with van der Waals surface area (Å²) in [6, 6.07) is 12.6. The Hall–Kier alpha value is -2.78. The third-order valence-corrected chi connectivity index (χ3v) is 6.90. The maximum absolute atomic E-state index is 13.5. The van der Waals surface area contributed by atoms with Gasteiger partial charge in [0.2, 0.25) is 21.8 Å². The molecule has 34 heavy (non-hydrogen) atoms. The van der Waals surface area contributed by atoms with Crippen molar-refractivity contribution in [3.8, 4) is 5.75 Å². The SMILES string of the molecule is CC[C@H](C)NC(=O)[C@@H](C)N(Cc1cccc(OC)c1)C(=O)CN(c1ccccc1Cl)S(C)(=O)=O. The molecule has 2 amide bonds. The first kappa shape index (κ1) is 27.5. The zero-order valence-corrected chi connectivity index (χ0v) is 21.7. The van der Waals surface area contributed by atoms with Crippen LogP contribution in [0.25, 0.3) is 0 Å². The lowest BCUT2D eigenvalue weighted by Gasteiger charge is -2.32. The van der Waals surface area contributed by atoms with Gasteiger partial charge in [-0.2, -0.15) is 0 Å². The monoisotopic (exact) mass is 509 g/mol. The zero-order valence-electron chi connectivity index (χ0n) is 20.1. The lowest BCUT2D eigenvalue weighted by Crippen LogP contribution is -2.52. The van der Waals surface area contributed by atoms with E-state index in [0.717, 1.165) is 22.5 Å². The molecule has 0 heterocycles. The van der Waals surface area contributed by atoms with Gasteiger partial charge >= 0.3 is 0 Å². The Balaban J connectivity index is 2.41. The first-order valence-electron chi connectivity index (χ1n) is 10.9. The van der Waals surface area contributed by atoms with E-state index in [0.29, 0.717) is 5.75 Å². The van der Waals surface area contributed by atoms with Crippen molar-refractivity contribution in [1.82, 2.24) is 10.2 Å². The van der Waals surface area contributed by atoms with Crippen LogP contribution >= 0.6 is 11.6 Å². The van der Waals surface area contributed by atoms with E-state index in [9.17, 15) is 18.0 Å². The summed E-state index contributed by atoms with van der Waals surface area (Å²) in [4.78, 5) is 27.8. The Kier molecular flexibility index (Phi) is 9.76. The summed E-state index contributed by atoms with van der Waals surface area (Å²) in [5, 5.41) is 3.08. The number of nitrogens with one attached hydrogen (secondary N) is 1. The fourth-order valence-corrected chi connectivity index (χ4v) is 4.41. The van der Waals surface area contributed by atoms with Crippen LogP contribution in [-0.4, -0.2) is 57.1 Å². The van der Waals surface area contributed by atoms with Gasteiger partial charge in [0.25, 0.3) is 0 Å². The quantitative estimate of drug-likeness (QED) is 0.500. The standard InChI is InChI=1S/C24H32ClN3O5S/c1-6-17(2)26-24(30)18(3)27(15-19-10-9-11-20(14-19)33-4)23(29)16-28(34(5,31)32)22-13-8-7-12-21(22)25/h7-14,17-18H,6,15-16H2,1-5H3,(H,26,30)/t17-,18+/m0/s1. The number of hydrogen-bond donors (Lipinski definition) is 1. The second-order valence-electron chi connectivity index (χ2n) is 8.09. The van der Waals surface area contributed by atoms with Crippen molar-refractivity contribution < 1.29 is 22.7 Å². The molecule has 8 nitrogen and oxygen atoms in total. The summed E-state index contributed by atoms with van der Waals surface area (Å²) in [7, 11) is -2.30. The number of benzene rings is 2. The van der Waals surface area contributed by atoms with E-state index >= 15 is 0 Å². The van der Waals surface area contributed by atoms with Gasteiger partial charge in [-0.25, -0.2) is 8.42 Å². The van der Waals surface area contributed by atoms with Crippen molar-refractivity contribution >= 4 is 39.1 Å². The molecule has 0 aromatic heterocycles. The van der Waals surface area contributed by atoms with Crippen LogP contribution in [0.5, 0.6) is 5.75 Å². The van der Waals surface area contributed by atoms with Crippen molar-refractivity contribution in [1.29, 1.82) is 0 Å². The Bertz CT molecular complexity index is 1110. The average molecular weight is 510 g/mol. The van der Waals surface area contributed by atoms with Crippen molar-refractivity contribution in [2.75, 3.05) is 24.2 Å². The summed E-state index contributed by atoms with van der Waals surface area (Å²) in [6.07, 6.45) is 1.74. The van der Waals surface area contributed by atoms with Gasteiger partial charge in [0.1, 0.15) is 18.3 Å². The van der Waals surface area contributed by atoms with Crippen molar-refractivity contribution in [2.24, 2.45) is 0 Å². The molecule has 0 spiro atoms. The normalized spacial score (nSPS) is 13.0. The number of hydrogen-bond acceptors (Lipinski definition) is 5. The maximum atomic E-state index is 13.5. The highest BCUT2D eigenvalue weighted by Crippen LogP contribution is 2.27. The van der Waals surface area contributed by atoms with Crippen LogP contribution in [0.4, 0.5) is 5.69 Å². The van der Waals surface area contributed by atoms with Gasteiger partial charge in [0.05, 0.1) is 24.1 Å². The van der Waals surface area contributed by atoms with Gasteiger partial charge in [0.15, 0.2) is 0 Å². The third kappa shape index (κ3) is 7.36. The molecular weight excluding hydrogens is 478 g/mol. The molecule has 0 fully saturated rings. The second-order valence-corrected chi connectivity index (χ2v) is 10.4. The lowest BCUT2D eigenvalue weighted by molar-refractivity contribution is -0.139. The summed E-state index contributed by atoms with van der Waals surface area (Å²) in [5.74, 6) is -0.260. The molecule has 0 aliphatic rings. The Morgan fingerprint density at radius 1 is 1.12 bits per heavy atom. The van der Waals surface area contributed by atoms with Crippen LogP contribution in [0.1, 0.15) is 32.8 Å². The fraction of sp³-hybridized carbons (Fsp3) is 0.417. The van der Waals surface area contributed by atoms with Crippen LogP contribution in [0.15, 0.2) is 48.5 Å². The number of amides is 2. The van der Waals surface area contributed by atoms with E-state index in [4.69, 9.17) is 16.3 Å². The van der Waals surface area contributed by atoms with Gasteiger partial charge in [-0.1, -0.05) is 42.8 Å². The number of sulfonamides is 1. The molecule has 0 saturated carbocycles. The number of carbonyl (C=O) groups is 2. The topological polar surface area (TPSA) is 96.0 Å². The average Bonchev–Trinajstić information content (AvgIpc) is 2.80. The largest absolute Gasteiger partial charge is 0.497 e. The highest BCUT2D eigenvalue weighted by Gasteiger charge is 2.31. The van der Waals surface area contributed by atoms with Crippen LogP contribution in [0.3, 0.4) is 0 Å². The maximum Gasteiger partial charge on any atom is 0.244 e. The van der Waals surface area contributed by atoms with Crippen LogP contribution in [0, 0.1) is 0 Å². The highest BCUT2D eigenvalue weighted by molar-refractivity contribution is 7.92. The summed E-state index contributed by atoms with van der Waals surface area (Å²) >= 11 is 6.23. The number of anilines is 1. The smallest absolute Gasteiger partial charge is 0.244 e. The minimum Gasteiger partial charge on any atom is -0.497 e. The number of nitrogens with zero attached hydrogens (tertiary/aromatic N) is 2. The predicted octanol–water partition coefficient (Wildman–Crippen LogP) is 3.45. The molecule has 0 aliphatic carbocycles. The van der Waals surface area contributed by atoms with Gasteiger partial charge in [-0.3, -0.25) is 13.9 Å². The molecule has 2 rings (SSSR count). The highest BCUT2D eigenvalue weighted by atomic mass is 35.5. The van der Waals surface area contributed by atoms with Crippen LogP contribution < -0.4 is 14.4 Å². The minimum absolute atomic E-state index is 0.0700. The van der Waals surface area contributed by atoms with Gasteiger partial charge in [0, 0.05) is 12.6 Å². The molecular formula is C24H32ClN3O5S. The first-order valence-corrected chi connectivity index (χ1v) is 13.2. The third-order valence-electron chi connectivity index (χ3n) is 5.46. The molecule has 0 unspecified atom stereocenters. The Morgan fingerprint density at radius 2 is 1.79 bits per heavy atom. The molecule has 2 aromatic rings. The predicted molar refractivity (Wildman–Crippen MR) is 135 cm³/mol. The molecule has 0 aliphatic heterocycles. The van der Waals surface area contributed by atoms with Gasteiger partial charge in [-0.15, -0.1) is 0 Å². The van der Waals surface area contributed by atoms with Crippen LogP contribution in [-0.2, 0) is 26.2 Å². The molecule has 0 radical (unpaired) electrons. The molecule has 1 N–H and O–H groups in total. The van der Waals surface area contributed by atoms with E-state index < -0.39 is 28.5 Å². The molecule has 0 saturated heterocycles. The van der Waals surface area contributed by atoms with E-state index in [2.05, 4.69) is 5.32 Å². The lowest BCUT2D eigenvalue weighted by atomic mass is 10.1.